The molecule has 0 saturated carbocycles. The Kier molecular flexibility index (Phi) is 5.84. The number of alkyl halides is 2. The summed E-state index contributed by atoms with van der Waals surface area (Å²) in [7, 11) is 0. The van der Waals surface area contributed by atoms with Crippen LogP contribution in [0.5, 0.6) is 0 Å². The van der Waals surface area contributed by atoms with Crippen molar-refractivity contribution in [3.05, 3.63) is 113 Å². The smallest absolute Gasteiger partial charge is 0.287 e. The third-order valence-electron chi connectivity index (χ3n) is 4.72. The highest BCUT2D eigenvalue weighted by Gasteiger charge is 2.46. The van der Waals surface area contributed by atoms with E-state index in [1.807, 2.05) is 38.1 Å². The molecule has 1 unspecified atom stereocenters. The maximum Gasteiger partial charge on any atom is 0.319 e. The van der Waals surface area contributed by atoms with Gasteiger partial charge in [-0.1, -0.05) is 102 Å². The maximum atomic E-state index is 15.3. The molecular formula is C25H22F2O. The van der Waals surface area contributed by atoms with E-state index in [2.05, 4.69) is 0 Å². The monoisotopic (exact) mass is 376 g/mol. The van der Waals surface area contributed by atoms with Gasteiger partial charge < -0.3 is 0 Å². The molecule has 0 heterocycles. The van der Waals surface area contributed by atoms with Crippen molar-refractivity contribution in [2.75, 3.05) is 0 Å². The summed E-state index contributed by atoms with van der Waals surface area (Å²) < 4.78 is 30.6. The van der Waals surface area contributed by atoms with E-state index in [0.29, 0.717) is 5.56 Å². The molecule has 1 nitrogen and oxygen atoms in total. The van der Waals surface area contributed by atoms with Crippen LogP contribution in [-0.4, -0.2) is 11.7 Å². The second-order valence-electron chi connectivity index (χ2n) is 6.98. The van der Waals surface area contributed by atoms with Crippen LogP contribution in [0.2, 0.25) is 0 Å². The molecule has 3 rings (SSSR count). The normalized spacial score (nSPS) is 12.9. The standard InChI is InChI=1S/C25H22F2O/c1-18-8-12-20(13-9-18)14-17-23(21-15-10-19(2)11-16-21)25(26,27)24(28)22-6-4-3-5-7-22/h3-17,23H,1-2H3/b17-14+. The van der Waals surface area contributed by atoms with Gasteiger partial charge in [0.15, 0.2) is 0 Å². The van der Waals surface area contributed by atoms with Crippen molar-refractivity contribution < 1.29 is 13.6 Å². The fourth-order valence-electron chi connectivity index (χ4n) is 3.02. The minimum absolute atomic E-state index is 0.00773. The molecule has 0 aliphatic rings. The van der Waals surface area contributed by atoms with Crippen molar-refractivity contribution in [2.45, 2.75) is 25.7 Å². The third-order valence-corrected chi connectivity index (χ3v) is 4.72. The molecule has 0 amide bonds. The van der Waals surface area contributed by atoms with Crippen LogP contribution >= 0.6 is 0 Å². The van der Waals surface area contributed by atoms with E-state index in [4.69, 9.17) is 0 Å². The third kappa shape index (κ3) is 4.42. The van der Waals surface area contributed by atoms with E-state index in [1.165, 1.54) is 18.2 Å². The number of ketones is 1. The highest BCUT2D eigenvalue weighted by Crippen LogP contribution is 2.38. The van der Waals surface area contributed by atoms with Crippen LogP contribution in [0.4, 0.5) is 8.78 Å². The lowest BCUT2D eigenvalue weighted by Crippen LogP contribution is -2.35. The van der Waals surface area contributed by atoms with Crippen LogP contribution < -0.4 is 0 Å². The molecule has 3 aromatic rings. The summed E-state index contributed by atoms with van der Waals surface area (Å²) in [6, 6.07) is 22.2. The first-order valence-corrected chi connectivity index (χ1v) is 9.17. The van der Waals surface area contributed by atoms with Crippen LogP contribution in [0.1, 0.15) is 38.5 Å². The average Bonchev–Trinajstić information content (AvgIpc) is 2.71. The number of benzene rings is 3. The van der Waals surface area contributed by atoms with E-state index in [-0.39, 0.29) is 5.56 Å². The molecule has 0 bridgehead atoms. The molecule has 0 radical (unpaired) electrons. The first-order valence-electron chi connectivity index (χ1n) is 9.17. The van der Waals surface area contributed by atoms with E-state index < -0.39 is 17.6 Å². The second kappa shape index (κ2) is 8.30. The Balaban J connectivity index is 2.00. The Bertz CT molecular complexity index is 956. The second-order valence-corrected chi connectivity index (χ2v) is 6.98. The van der Waals surface area contributed by atoms with Crippen molar-refractivity contribution in [1.29, 1.82) is 0 Å². The van der Waals surface area contributed by atoms with Gasteiger partial charge in [-0.05, 0) is 25.0 Å². The highest BCUT2D eigenvalue weighted by atomic mass is 19.3. The lowest BCUT2D eigenvalue weighted by molar-refractivity contribution is 0.00126. The van der Waals surface area contributed by atoms with Crippen molar-refractivity contribution >= 4 is 11.9 Å². The number of Topliss-reactive ketones (excluding diaryl/α,β-unsaturated/α-hetero) is 1. The van der Waals surface area contributed by atoms with Crippen LogP contribution in [0.25, 0.3) is 6.08 Å². The first kappa shape index (κ1) is 19.7. The largest absolute Gasteiger partial charge is 0.319 e. The van der Waals surface area contributed by atoms with E-state index >= 15 is 8.78 Å². The Morgan fingerprint density at radius 1 is 0.821 bits per heavy atom. The molecule has 0 saturated heterocycles. The number of aryl methyl sites for hydroxylation is 2. The van der Waals surface area contributed by atoms with Gasteiger partial charge in [-0.25, -0.2) is 0 Å². The zero-order valence-corrected chi connectivity index (χ0v) is 15.9. The van der Waals surface area contributed by atoms with E-state index in [0.717, 1.165) is 16.7 Å². The molecule has 0 N–H and O–H groups in total. The SMILES string of the molecule is Cc1ccc(/C=C/C(c2ccc(C)cc2)C(F)(F)C(=O)c2ccccc2)cc1. The van der Waals surface area contributed by atoms with Crippen LogP contribution in [0.15, 0.2) is 84.9 Å². The van der Waals surface area contributed by atoms with Crippen LogP contribution in [-0.2, 0) is 0 Å². The molecule has 3 heteroatoms. The van der Waals surface area contributed by atoms with E-state index in [9.17, 15) is 4.79 Å². The Labute approximate surface area is 164 Å². The molecule has 142 valence electrons. The first-order chi connectivity index (χ1) is 13.4. The summed E-state index contributed by atoms with van der Waals surface area (Å²) in [5, 5.41) is 0. The summed E-state index contributed by atoms with van der Waals surface area (Å²) in [6.45, 7) is 3.86. The van der Waals surface area contributed by atoms with Crippen molar-refractivity contribution in [3.8, 4) is 0 Å². The summed E-state index contributed by atoms with van der Waals surface area (Å²) in [6.07, 6.45) is 3.08. The Morgan fingerprint density at radius 3 is 1.93 bits per heavy atom. The number of carbonyl (C=O) groups excluding carboxylic acids is 1. The summed E-state index contributed by atoms with van der Waals surface area (Å²) in [5.41, 5.74) is 3.29. The summed E-state index contributed by atoms with van der Waals surface area (Å²) >= 11 is 0. The van der Waals surface area contributed by atoms with Crippen molar-refractivity contribution in [2.24, 2.45) is 0 Å². The van der Waals surface area contributed by atoms with Gasteiger partial charge in [-0.2, -0.15) is 8.78 Å². The van der Waals surface area contributed by atoms with Gasteiger partial charge in [0.2, 0.25) is 5.78 Å². The molecule has 0 fully saturated rings. The zero-order chi connectivity index (χ0) is 20.1. The fourth-order valence-corrected chi connectivity index (χ4v) is 3.02. The predicted octanol–water partition coefficient (Wildman–Crippen LogP) is 6.62. The van der Waals surface area contributed by atoms with E-state index in [1.54, 1.807) is 48.5 Å². The van der Waals surface area contributed by atoms with Gasteiger partial charge in [-0.3, -0.25) is 4.79 Å². The number of carbonyl (C=O) groups is 1. The van der Waals surface area contributed by atoms with Crippen molar-refractivity contribution in [1.82, 2.24) is 0 Å². The molecular weight excluding hydrogens is 354 g/mol. The molecule has 1 atom stereocenters. The number of allylic oxidation sites excluding steroid dienone is 1. The summed E-state index contributed by atoms with van der Waals surface area (Å²) in [5.74, 6) is -6.10. The summed E-state index contributed by atoms with van der Waals surface area (Å²) in [4.78, 5) is 12.6. The molecule has 3 aromatic carbocycles. The highest BCUT2D eigenvalue weighted by molar-refractivity contribution is 6.02. The molecule has 0 spiro atoms. The lowest BCUT2D eigenvalue weighted by Gasteiger charge is -2.24. The minimum Gasteiger partial charge on any atom is -0.287 e. The van der Waals surface area contributed by atoms with Crippen molar-refractivity contribution in [3.63, 3.8) is 0 Å². The maximum absolute atomic E-state index is 15.3. The number of hydrogen-bond donors (Lipinski definition) is 0. The molecule has 0 aliphatic carbocycles. The predicted molar refractivity (Wildman–Crippen MR) is 110 cm³/mol. The minimum atomic E-state index is -3.57. The zero-order valence-electron chi connectivity index (χ0n) is 15.9. The lowest BCUT2D eigenvalue weighted by atomic mass is 9.86. The van der Waals surface area contributed by atoms with Crippen LogP contribution in [0, 0.1) is 13.8 Å². The quantitative estimate of drug-likeness (QED) is 0.442. The van der Waals surface area contributed by atoms with Crippen LogP contribution in [0.3, 0.4) is 0 Å². The van der Waals surface area contributed by atoms with Gasteiger partial charge in [0, 0.05) is 5.56 Å². The number of hydrogen-bond acceptors (Lipinski definition) is 1. The number of halogens is 2. The average molecular weight is 376 g/mol. The van der Waals surface area contributed by atoms with Gasteiger partial charge >= 0.3 is 5.92 Å². The fraction of sp³-hybridized carbons (Fsp3) is 0.160. The molecule has 0 aliphatic heterocycles. The molecule has 0 aromatic heterocycles. The Hall–Kier alpha value is -3.07. The Morgan fingerprint density at radius 2 is 1.36 bits per heavy atom. The van der Waals surface area contributed by atoms with Gasteiger partial charge in [0.25, 0.3) is 0 Å². The van der Waals surface area contributed by atoms with Gasteiger partial charge in [0.1, 0.15) is 0 Å². The topological polar surface area (TPSA) is 17.1 Å². The van der Waals surface area contributed by atoms with Gasteiger partial charge in [0.05, 0.1) is 5.92 Å². The van der Waals surface area contributed by atoms with Gasteiger partial charge in [-0.15, -0.1) is 0 Å². The number of rotatable bonds is 6. The molecule has 28 heavy (non-hydrogen) atoms.